The Morgan fingerprint density at radius 1 is 1.48 bits per heavy atom. The maximum atomic E-state index is 11.8. The van der Waals surface area contributed by atoms with E-state index in [-0.39, 0.29) is 6.04 Å². The van der Waals surface area contributed by atoms with Crippen LogP contribution in [0.3, 0.4) is 0 Å². The van der Waals surface area contributed by atoms with E-state index in [4.69, 9.17) is 5.26 Å². The van der Waals surface area contributed by atoms with Crippen LogP contribution in [0.4, 0.5) is 5.82 Å². The number of pyridine rings is 1. The van der Waals surface area contributed by atoms with E-state index in [0.29, 0.717) is 24.6 Å². The lowest BCUT2D eigenvalue weighted by molar-refractivity contribution is 0.246. The summed E-state index contributed by atoms with van der Waals surface area (Å²) in [5.74, 6) is 0.649. The van der Waals surface area contributed by atoms with Crippen LogP contribution in [0, 0.1) is 11.3 Å². The van der Waals surface area contributed by atoms with Gasteiger partial charge in [0.05, 0.1) is 6.26 Å². The summed E-state index contributed by atoms with van der Waals surface area (Å²) in [6, 6.07) is 7.28. The highest BCUT2D eigenvalue weighted by Gasteiger charge is 2.28. The third-order valence-corrected chi connectivity index (χ3v) is 4.98. The molecule has 0 amide bonds. The van der Waals surface area contributed by atoms with E-state index in [1.165, 1.54) is 6.26 Å². The van der Waals surface area contributed by atoms with Crippen LogP contribution >= 0.6 is 0 Å². The first kappa shape index (κ1) is 15.7. The Kier molecular flexibility index (Phi) is 5.15. The van der Waals surface area contributed by atoms with Crippen molar-refractivity contribution in [2.75, 3.05) is 24.7 Å². The molecule has 0 spiro atoms. The predicted molar refractivity (Wildman–Crippen MR) is 81.2 cm³/mol. The first-order chi connectivity index (χ1) is 10.0. The van der Waals surface area contributed by atoms with Gasteiger partial charge in [-0.3, -0.25) is 0 Å². The van der Waals surface area contributed by atoms with Crippen molar-refractivity contribution in [2.24, 2.45) is 0 Å². The van der Waals surface area contributed by atoms with Crippen molar-refractivity contribution >= 4 is 15.8 Å². The van der Waals surface area contributed by atoms with Gasteiger partial charge in [0.1, 0.15) is 17.6 Å². The molecule has 6 nitrogen and oxygen atoms in total. The first-order valence-electron chi connectivity index (χ1n) is 7.08. The Bertz CT molecular complexity index is 624. The van der Waals surface area contributed by atoms with Gasteiger partial charge in [-0.05, 0) is 31.4 Å². The van der Waals surface area contributed by atoms with E-state index in [1.54, 1.807) is 22.5 Å². The number of nitrogens with one attached hydrogen (secondary N) is 1. The Hall–Kier alpha value is -1.65. The molecule has 0 radical (unpaired) electrons. The van der Waals surface area contributed by atoms with Gasteiger partial charge in [0.2, 0.25) is 10.0 Å². The monoisotopic (exact) mass is 308 g/mol. The van der Waals surface area contributed by atoms with Crippen LogP contribution in [0.2, 0.25) is 0 Å². The molecule has 0 aliphatic carbocycles. The molecule has 21 heavy (non-hydrogen) atoms. The molecule has 114 valence electrons. The van der Waals surface area contributed by atoms with Crippen molar-refractivity contribution < 1.29 is 8.42 Å². The van der Waals surface area contributed by atoms with E-state index >= 15 is 0 Å². The summed E-state index contributed by atoms with van der Waals surface area (Å²) in [6.07, 6.45) is 4.92. The number of piperidine rings is 1. The standard InChI is InChI=1S/C14H20N4O2S/c1-21(19,20)18-10-3-2-6-13(18)8-9-16-14-7-4-5-12(11-15)17-14/h4-5,7,13H,2-3,6,8-10H2,1H3,(H,16,17). The van der Waals surface area contributed by atoms with Crippen molar-refractivity contribution in [3.63, 3.8) is 0 Å². The van der Waals surface area contributed by atoms with Crippen LogP contribution in [0.5, 0.6) is 0 Å². The number of anilines is 1. The van der Waals surface area contributed by atoms with Crippen LogP contribution < -0.4 is 5.32 Å². The number of aromatic nitrogens is 1. The third kappa shape index (κ3) is 4.41. The molecule has 1 N–H and O–H groups in total. The van der Waals surface area contributed by atoms with E-state index < -0.39 is 10.0 Å². The summed E-state index contributed by atoms with van der Waals surface area (Å²) in [4.78, 5) is 4.14. The molecule has 1 atom stereocenters. The highest BCUT2D eigenvalue weighted by Crippen LogP contribution is 2.22. The fraction of sp³-hybridized carbons (Fsp3) is 0.571. The van der Waals surface area contributed by atoms with E-state index in [0.717, 1.165) is 25.7 Å². The molecular weight excluding hydrogens is 288 g/mol. The zero-order valence-electron chi connectivity index (χ0n) is 12.1. The minimum atomic E-state index is -3.13. The average molecular weight is 308 g/mol. The highest BCUT2D eigenvalue weighted by atomic mass is 32.2. The van der Waals surface area contributed by atoms with Gasteiger partial charge in [0, 0.05) is 19.1 Å². The molecule has 2 rings (SSSR count). The van der Waals surface area contributed by atoms with Gasteiger partial charge in [0.25, 0.3) is 0 Å². The summed E-state index contributed by atoms with van der Waals surface area (Å²) >= 11 is 0. The molecule has 1 unspecified atom stereocenters. The summed E-state index contributed by atoms with van der Waals surface area (Å²) in [5, 5.41) is 12.0. The normalized spacial score (nSPS) is 19.9. The minimum absolute atomic E-state index is 0.0559. The highest BCUT2D eigenvalue weighted by molar-refractivity contribution is 7.88. The molecule has 0 aromatic carbocycles. The van der Waals surface area contributed by atoms with Crippen LogP contribution in [0.1, 0.15) is 31.4 Å². The molecule has 7 heteroatoms. The minimum Gasteiger partial charge on any atom is -0.370 e. The molecule has 0 saturated carbocycles. The summed E-state index contributed by atoms with van der Waals surface area (Å²) in [7, 11) is -3.13. The SMILES string of the molecule is CS(=O)(=O)N1CCCCC1CCNc1cccc(C#N)n1. The fourth-order valence-electron chi connectivity index (χ4n) is 2.66. The van der Waals surface area contributed by atoms with Gasteiger partial charge in [-0.25, -0.2) is 13.4 Å². The number of nitriles is 1. The molecule has 1 aliphatic rings. The van der Waals surface area contributed by atoms with Crippen molar-refractivity contribution in [1.82, 2.24) is 9.29 Å². The van der Waals surface area contributed by atoms with E-state index in [1.807, 2.05) is 6.07 Å². The van der Waals surface area contributed by atoms with Gasteiger partial charge in [0.15, 0.2) is 0 Å². The Morgan fingerprint density at radius 2 is 2.29 bits per heavy atom. The summed E-state index contributed by atoms with van der Waals surface area (Å²) < 4.78 is 25.1. The van der Waals surface area contributed by atoms with Crippen LogP contribution in [0.15, 0.2) is 18.2 Å². The lowest BCUT2D eigenvalue weighted by Crippen LogP contribution is -2.43. The van der Waals surface area contributed by atoms with Gasteiger partial charge in [-0.1, -0.05) is 12.5 Å². The number of sulfonamides is 1. The van der Waals surface area contributed by atoms with Gasteiger partial charge >= 0.3 is 0 Å². The molecular formula is C14H20N4O2S. The van der Waals surface area contributed by atoms with E-state index in [9.17, 15) is 8.42 Å². The van der Waals surface area contributed by atoms with Crippen molar-refractivity contribution in [2.45, 2.75) is 31.7 Å². The maximum absolute atomic E-state index is 11.8. The average Bonchev–Trinajstić information content (AvgIpc) is 2.47. The molecule has 0 bridgehead atoms. The van der Waals surface area contributed by atoms with Crippen molar-refractivity contribution in [3.05, 3.63) is 23.9 Å². The smallest absolute Gasteiger partial charge is 0.211 e. The zero-order valence-corrected chi connectivity index (χ0v) is 12.9. The third-order valence-electron chi connectivity index (χ3n) is 3.65. The van der Waals surface area contributed by atoms with Gasteiger partial charge < -0.3 is 5.32 Å². The summed E-state index contributed by atoms with van der Waals surface area (Å²) in [6.45, 7) is 1.25. The molecule has 1 aliphatic heterocycles. The second-order valence-electron chi connectivity index (χ2n) is 5.26. The largest absolute Gasteiger partial charge is 0.370 e. The fourth-order valence-corrected chi connectivity index (χ4v) is 3.87. The Balaban J connectivity index is 1.91. The maximum Gasteiger partial charge on any atom is 0.211 e. The number of hydrogen-bond donors (Lipinski definition) is 1. The summed E-state index contributed by atoms with van der Waals surface area (Å²) in [5.41, 5.74) is 0.371. The van der Waals surface area contributed by atoms with Crippen LogP contribution in [-0.2, 0) is 10.0 Å². The zero-order chi connectivity index (χ0) is 15.3. The molecule has 1 fully saturated rings. The molecule has 2 heterocycles. The Morgan fingerprint density at radius 3 is 3.00 bits per heavy atom. The lowest BCUT2D eigenvalue weighted by atomic mass is 10.0. The lowest BCUT2D eigenvalue weighted by Gasteiger charge is -2.33. The first-order valence-corrected chi connectivity index (χ1v) is 8.93. The van der Waals surface area contributed by atoms with Gasteiger partial charge in [-0.2, -0.15) is 9.57 Å². The Labute approximate surface area is 125 Å². The van der Waals surface area contributed by atoms with E-state index in [2.05, 4.69) is 10.3 Å². The van der Waals surface area contributed by atoms with Gasteiger partial charge in [-0.15, -0.1) is 0 Å². The number of hydrogen-bond acceptors (Lipinski definition) is 5. The molecule has 1 aromatic heterocycles. The second-order valence-corrected chi connectivity index (χ2v) is 7.19. The second kappa shape index (κ2) is 6.87. The van der Waals surface area contributed by atoms with Crippen molar-refractivity contribution in [1.29, 1.82) is 5.26 Å². The van der Waals surface area contributed by atoms with Crippen LogP contribution in [0.25, 0.3) is 0 Å². The number of nitrogens with zero attached hydrogens (tertiary/aromatic N) is 3. The topological polar surface area (TPSA) is 86.1 Å². The quantitative estimate of drug-likeness (QED) is 0.892. The van der Waals surface area contributed by atoms with Crippen molar-refractivity contribution in [3.8, 4) is 6.07 Å². The molecule has 1 aromatic rings. The van der Waals surface area contributed by atoms with Crippen LogP contribution in [-0.4, -0.2) is 43.1 Å². The molecule has 1 saturated heterocycles. The number of rotatable bonds is 5. The predicted octanol–water partition coefficient (Wildman–Crippen LogP) is 1.57.